The van der Waals surface area contributed by atoms with E-state index in [1.54, 1.807) is 24.3 Å². The number of carbonyl (C=O) groups excluding carboxylic acids is 2. The van der Waals surface area contributed by atoms with E-state index < -0.39 is 17.8 Å². The third-order valence-corrected chi connectivity index (χ3v) is 5.44. The normalized spacial score (nSPS) is 14.3. The molecule has 0 spiro atoms. The molecule has 2 N–H and O–H groups in total. The topological polar surface area (TPSA) is 61.4 Å². The molecule has 9 heteroatoms. The van der Waals surface area contributed by atoms with E-state index in [9.17, 15) is 22.8 Å². The van der Waals surface area contributed by atoms with E-state index in [1.165, 1.54) is 17.0 Å². The highest BCUT2D eigenvalue weighted by Crippen LogP contribution is 2.32. The van der Waals surface area contributed by atoms with E-state index >= 15 is 0 Å². The second kappa shape index (κ2) is 10.0. The number of hydrogen-bond donors (Lipinski definition) is 2. The predicted molar refractivity (Wildman–Crippen MR) is 114 cm³/mol. The van der Waals surface area contributed by atoms with Gasteiger partial charge in [-0.25, -0.2) is 4.79 Å². The van der Waals surface area contributed by atoms with Gasteiger partial charge in [0.25, 0.3) is 0 Å². The van der Waals surface area contributed by atoms with Gasteiger partial charge < -0.3 is 10.6 Å². The fraction of sp³-hybridized carbons (Fsp3) is 0.364. The van der Waals surface area contributed by atoms with Crippen molar-refractivity contribution < 1.29 is 22.8 Å². The third-order valence-electron chi connectivity index (χ3n) is 5.19. The number of anilines is 2. The molecule has 5 nitrogen and oxygen atoms in total. The number of benzene rings is 2. The maximum absolute atomic E-state index is 13.2. The van der Waals surface area contributed by atoms with Crippen molar-refractivity contribution in [1.29, 1.82) is 0 Å². The highest BCUT2D eigenvalue weighted by molar-refractivity contribution is 6.30. The fourth-order valence-corrected chi connectivity index (χ4v) is 3.67. The number of alkyl halides is 3. The summed E-state index contributed by atoms with van der Waals surface area (Å²) < 4.78 is 39.5. The monoisotopic (exact) mass is 453 g/mol. The largest absolute Gasteiger partial charge is 0.416 e. The van der Waals surface area contributed by atoms with Crippen molar-refractivity contribution >= 4 is 34.9 Å². The van der Waals surface area contributed by atoms with Crippen LogP contribution in [-0.4, -0.2) is 25.0 Å². The first-order valence-electron chi connectivity index (χ1n) is 10.0. The molecule has 0 heterocycles. The lowest BCUT2D eigenvalue weighted by molar-refractivity contribution is -0.137. The van der Waals surface area contributed by atoms with Crippen LogP contribution in [0.15, 0.2) is 48.5 Å². The van der Waals surface area contributed by atoms with Gasteiger partial charge in [-0.2, -0.15) is 13.2 Å². The Kier molecular flexibility index (Phi) is 7.43. The Morgan fingerprint density at radius 3 is 2.39 bits per heavy atom. The van der Waals surface area contributed by atoms with Crippen LogP contribution in [-0.2, 0) is 11.0 Å². The second-order valence-corrected chi connectivity index (χ2v) is 7.85. The van der Waals surface area contributed by atoms with Crippen molar-refractivity contribution in [2.24, 2.45) is 5.92 Å². The van der Waals surface area contributed by atoms with Crippen LogP contribution < -0.4 is 15.5 Å². The average molecular weight is 454 g/mol. The maximum atomic E-state index is 13.2. The standard InChI is InChI=1S/C22H23ClF3N3O2/c23-17-8-10-18(11-9-17)28-21(31)29(13-12-27-20(30)15-4-1-2-5-15)19-7-3-6-16(14-19)22(24,25)26/h3,6-11,14-15H,1-2,4-5,12-13H2,(H,27,30)(H,28,31). The first-order chi connectivity index (χ1) is 14.7. The van der Waals surface area contributed by atoms with Crippen LogP contribution in [0.5, 0.6) is 0 Å². The van der Waals surface area contributed by atoms with E-state index in [0.29, 0.717) is 10.7 Å². The molecule has 0 atom stereocenters. The number of rotatable bonds is 6. The molecule has 31 heavy (non-hydrogen) atoms. The molecule has 0 aliphatic heterocycles. The average Bonchev–Trinajstić information content (AvgIpc) is 3.27. The van der Waals surface area contributed by atoms with Gasteiger partial charge in [0, 0.05) is 35.4 Å². The Hall–Kier alpha value is -2.74. The molecule has 0 radical (unpaired) electrons. The van der Waals surface area contributed by atoms with Gasteiger partial charge in [-0.05, 0) is 55.3 Å². The maximum Gasteiger partial charge on any atom is 0.416 e. The molecule has 0 saturated heterocycles. The molecule has 166 valence electrons. The minimum Gasteiger partial charge on any atom is -0.354 e. The summed E-state index contributed by atoms with van der Waals surface area (Å²) in [5.41, 5.74) is -0.331. The molecule has 0 aromatic heterocycles. The van der Waals surface area contributed by atoms with Crippen LogP contribution in [0.2, 0.25) is 5.02 Å². The van der Waals surface area contributed by atoms with E-state index in [2.05, 4.69) is 10.6 Å². The van der Waals surface area contributed by atoms with Gasteiger partial charge in [0.2, 0.25) is 5.91 Å². The molecule has 1 aliphatic rings. The summed E-state index contributed by atoms with van der Waals surface area (Å²) in [5, 5.41) is 5.94. The number of urea groups is 1. The fourth-order valence-electron chi connectivity index (χ4n) is 3.55. The van der Waals surface area contributed by atoms with Crippen LogP contribution in [0.1, 0.15) is 31.2 Å². The van der Waals surface area contributed by atoms with Crippen molar-refractivity contribution in [2.45, 2.75) is 31.9 Å². The molecule has 0 bridgehead atoms. The van der Waals surface area contributed by atoms with Gasteiger partial charge in [0.1, 0.15) is 0 Å². The van der Waals surface area contributed by atoms with Gasteiger partial charge in [0.05, 0.1) is 5.56 Å². The summed E-state index contributed by atoms with van der Waals surface area (Å²) in [5.74, 6) is -0.121. The van der Waals surface area contributed by atoms with Gasteiger partial charge in [-0.1, -0.05) is 30.5 Å². The Morgan fingerprint density at radius 1 is 1.06 bits per heavy atom. The Labute approximate surface area is 183 Å². The van der Waals surface area contributed by atoms with Crippen molar-refractivity contribution in [1.82, 2.24) is 5.32 Å². The summed E-state index contributed by atoms with van der Waals surface area (Å²) in [4.78, 5) is 26.3. The minimum atomic E-state index is -4.54. The second-order valence-electron chi connectivity index (χ2n) is 7.41. The molecule has 1 fully saturated rings. The van der Waals surface area contributed by atoms with Crippen molar-refractivity contribution in [3.8, 4) is 0 Å². The van der Waals surface area contributed by atoms with Crippen molar-refractivity contribution in [3.63, 3.8) is 0 Å². The predicted octanol–water partition coefficient (Wildman–Crippen LogP) is 5.70. The number of carbonyl (C=O) groups is 2. The zero-order valence-electron chi connectivity index (χ0n) is 16.7. The number of amides is 3. The van der Waals surface area contributed by atoms with Gasteiger partial charge in [-0.3, -0.25) is 9.69 Å². The Balaban J connectivity index is 1.75. The minimum absolute atomic E-state index is 0.0131. The van der Waals surface area contributed by atoms with E-state index in [0.717, 1.165) is 37.8 Å². The molecule has 3 rings (SSSR count). The first kappa shape index (κ1) is 22.9. The lowest BCUT2D eigenvalue weighted by atomic mass is 10.1. The van der Waals surface area contributed by atoms with Crippen LogP contribution in [0, 0.1) is 5.92 Å². The summed E-state index contributed by atoms with van der Waals surface area (Å²) in [6, 6.07) is 10.3. The molecule has 3 amide bonds. The highest BCUT2D eigenvalue weighted by atomic mass is 35.5. The number of hydrogen-bond acceptors (Lipinski definition) is 2. The zero-order chi connectivity index (χ0) is 22.4. The number of halogens is 4. The molecular weight excluding hydrogens is 431 g/mol. The quantitative estimate of drug-likeness (QED) is 0.589. The molecule has 1 aliphatic carbocycles. The summed E-state index contributed by atoms with van der Waals surface area (Å²) >= 11 is 5.85. The van der Waals surface area contributed by atoms with Crippen LogP contribution >= 0.6 is 11.6 Å². The van der Waals surface area contributed by atoms with Gasteiger partial charge in [-0.15, -0.1) is 0 Å². The van der Waals surface area contributed by atoms with Crippen molar-refractivity contribution in [2.75, 3.05) is 23.3 Å². The SMILES string of the molecule is O=C(NCCN(C(=O)Nc1ccc(Cl)cc1)c1cccc(C(F)(F)F)c1)C1CCCC1. The highest BCUT2D eigenvalue weighted by Gasteiger charge is 2.31. The first-order valence-corrected chi connectivity index (χ1v) is 10.4. The van der Waals surface area contributed by atoms with Gasteiger partial charge >= 0.3 is 12.2 Å². The number of nitrogens with zero attached hydrogens (tertiary/aromatic N) is 1. The smallest absolute Gasteiger partial charge is 0.354 e. The van der Waals surface area contributed by atoms with Crippen LogP contribution in [0.4, 0.5) is 29.3 Å². The molecule has 2 aromatic carbocycles. The van der Waals surface area contributed by atoms with Crippen molar-refractivity contribution in [3.05, 3.63) is 59.1 Å². The molecule has 1 saturated carbocycles. The van der Waals surface area contributed by atoms with E-state index in [4.69, 9.17) is 11.6 Å². The van der Waals surface area contributed by atoms with Gasteiger partial charge in [0.15, 0.2) is 0 Å². The molecule has 2 aromatic rings. The molecule has 0 unspecified atom stereocenters. The summed E-state index contributed by atoms with van der Waals surface area (Å²) in [6.45, 7) is 0.138. The Morgan fingerprint density at radius 2 is 1.74 bits per heavy atom. The zero-order valence-corrected chi connectivity index (χ0v) is 17.5. The third kappa shape index (κ3) is 6.37. The lowest BCUT2D eigenvalue weighted by Crippen LogP contribution is -2.42. The molecular formula is C22H23ClF3N3O2. The van der Waals surface area contributed by atoms with E-state index in [1.807, 2.05) is 0 Å². The van der Waals surface area contributed by atoms with Crippen LogP contribution in [0.3, 0.4) is 0 Å². The Bertz CT molecular complexity index is 913. The summed E-state index contributed by atoms with van der Waals surface area (Å²) in [6.07, 6.45) is -0.846. The van der Waals surface area contributed by atoms with E-state index in [-0.39, 0.29) is 30.6 Å². The lowest BCUT2D eigenvalue weighted by Gasteiger charge is -2.24. The summed E-state index contributed by atoms with van der Waals surface area (Å²) in [7, 11) is 0. The van der Waals surface area contributed by atoms with Crippen LogP contribution in [0.25, 0.3) is 0 Å². The number of nitrogens with one attached hydrogen (secondary N) is 2.